The molecule has 16 heavy (non-hydrogen) atoms. The first-order chi connectivity index (χ1) is 7.36. The summed E-state index contributed by atoms with van der Waals surface area (Å²) in [5.74, 6) is -0.387. The number of rotatable bonds is 5. The summed E-state index contributed by atoms with van der Waals surface area (Å²) in [4.78, 5) is 25.1. The third-order valence-electron chi connectivity index (χ3n) is 2.36. The molecule has 1 aliphatic carbocycles. The highest BCUT2D eigenvalue weighted by Gasteiger charge is 2.39. The van der Waals surface area contributed by atoms with Crippen LogP contribution in [0.15, 0.2) is 0 Å². The minimum absolute atomic E-state index is 0.0527. The van der Waals surface area contributed by atoms with E-state index in [0.717, 1.165) is 12.8 Å². The van der Waals surface area contributed by atoms with E-state index in [9.17, 15) is 9.59 Å². The van der Waals surface area contributed by atoms with Gasteiger partial charge in [-0.25, -0.2) is 0 Å². The smallest absolute Gasteiger partial charge is 0.325 e. The number of nitrogens with zero attached hydrogens (tertiary/aromatic N) is 1. The van der Waals surface area contributed by atoms with E-state index in [1.807, 2.05) is 0 Å². The monoisotopic (exact) mass is 291 g/mol. The van der Waals surface area contributed by atoms with Crippen LogP contribution in [0.4, 0.5) is 0 Å². The van der Waals surface area contributed by atoms with E-state index in [4.69, 9.17) is 4.74 Å². The summed E-state index contributed by atoms with van der Waals surface area (Å²) in [7, 11) is 0. The van der Waals surface area contributed by atoms with Crippen molar-refractivity contribution in [2.24, 2.45) is 0 Å². The Morgan fingerprint density at radius 2 is 2.00 bits per heavy atom. The molecule has 0 aromatic carbocycles. The molecule has 4 nitrogen and oxygen atoms in total. The van der Waals surface area contributed by atoms with Crippen molar-refractivity contribution in [2.75, 3.05) is 13.2 Å². The molecule has 0 aliphatic heterocycles. The molecule has 1 rings (SSSR count). The first-order valence-electron chi connectivity index (χ1n) is 5.52. The van der Waals surface area contributed by atoms with Crippen LogP contribution < -0.4 is 0 Å². The van der Waals surface area contributed by atoms with Gasteiger partial charge in [0.2, 0.25) is 5.91 Å². The zero-order valence-corrected chi connectivity index (χ0v) is 11.5. The summed E-state index contributed by atoms with van der Waals surface area (Å²) in [6, 6.07) is 0.216. The van der Waals surface area contributed by atoms with Gasteiger partial charge in [0.05, 0.1) is 10.9 Å². The summed E-state index contributed by atoms with van der Waals surface area (Å²) < 4.78 is 4.24. The molecule has 92 valence electrons. The molecular formula is C11H18BrNO3. The van der Waals surface area contributed by atoms with E-state index < -0.39 is 4.32 Å². The lowest BCUT2D eigenvalue weighted by atomic mass is 10.2. The summed E-state index contributed by atoms with van der Waals surface area (Å²) in [6.07, 6.45) is 1.96. The van der Waals surface area contributed by atoms with Crippen LogP contribution in [-0.4, -0.2) is 40.3 Å². The van der Waals surface area contributed by atoms with Gasteiger partial charge in [0.15, 0.2) is 0 Å². The maximum atomic E-state index is 12.1. The van der Waals surface area contributed by atoms with Crippen LogP contribution in [0.3, 0.4) is 0 Å². The number of carbonyl (C=O) groups is 2. The molecule has 0 atom stereocenters. The Kier molecular flexibility index (Phi) is 4.35. The van der Waals surface area contributed by atoms with Gasteiger partial charge >= 0.3 is 5.97 Å². The van der Waals surface area contributed by atoms with Gasteiger partial charge in [-0.1, -0.05) is 15.9 Å². The molecule has 0 N–H and O–H groups in total. The number of carbonyl (C=O) groups excluding carboxylic acids is 2. The predicted molar refractivity (Wildman–Crippen MR) is 64.4 cm³/mol. The minimum Gasteiger partial charge on any atom is -0.465 e. The number of alkyl halides is 1. The summed E-state index contributed by atoms with van der Waals surface area (Å²) in [5, 5.41) is 0. The van der Waals surface area contributed by atoms with Crippen LogP contribution in [0, 0.1) is 0 Å². The van der Waals surface area contributed by atoms with Crippen molar-refractivity contribution in [1.29, 1.82) is 0 Å². The van der Waals surface area contributed by atoms with Crippen molar-refractivity contribution in [3.63, 3.8) is 0 Å². The largest absolute Gasteiger partial charge is 0.465 e. The maximum absolute atomic E-state index is 12.1. The number of amides is 1. The lowest BCUT2D eigenvalue weighted by Gasteiger charge is -2.27. The topological polar surface area (TPSA) is 46.6 Å². The summed E-state index contributed by atoms with van der Waals surface area (Å²) >= 11 is 3.33. The molecule has 0 radical (unpaired) electrons. The van der Waals surface area contributed by atoms with Gasteiger partial charge in [0, 0.05) is 6.04 Å². The molecule has 0 bridgehead atoms. The summed E-state index contributed by atoms with van der Waals surface area (Å²) in [6.45, 7) is 5.75. The molecule has 5 heteroatoms. The molecule has 0 heterocycles. The number of halogens is 1. The highest BCUT2D eigenvalue weighted by Crippen LogP contribution is 2.30. The van der Waals surface area contributed by atoms with Crippen molar-refractivity contribution >= 4 is 27.8 Å². The van der Waals surface area contributed by atoms with Crippen molar-refractivity contribution in [1.82, 2.24) is 4.90 Å². The van der Waals surface area contributed by atoms with Crippen molar-refractivity contribution in [3.8, 4) is 0 Å². The Balaban J connectivity index is 2.61. The normalized spacial score (nSPS) is 15.8. The van der Waals surface area contributed by atoms with E-state index in [1.54, 1.807) is 25.7 Å². The number of esters is 1. The SMILES string of the molecule is CCOC(=O)CN(C(=O)C(C)(C)Br)C1CC1. The van der Waals surface area contributed by atoms with E-state index in [-0.39, 0.29) is 24.5 Å². The molecular weight excluding hydrogens is 274 g/mol. The first-order valence-corrected chi connectivity index (χ1v) is 6.31. The molecule has 0 aromatic rings. The van der Waals surface area contributed by atoms with E-state index in [1.165, 1.54) is 0 Å². The van der Waals surface area contributed by atoms with E-state index in [0.29, 0.717) is 6.61 Å². The van der Waals surface area contributed by atoms with Gasteiger partial charge in [-0.15, -0.1) is 0 Å². The van der Waals surface area contributed by atoms with Gasteiger partial charge in [-0.2, -0.15) is 0 Å². The molecule has 1 aliphatic rings. The van der Waals surface area contributed by atoms with Crippen LogP contribution in [0.2, 0.25) is 0 Å². The predicted octanol–water partition coefficient (Wildman–Crippen LogP) is 1.71. The van der Waals surface area contributed by atoms with Crippen molar-refractivity contribution in [2.45, 2.75) is 44.0 Å². The van der Waals surface area contributed by atoms with Crippen molar-refractivity contribution in [3.05, 3.63) is 0 Å². The zero-order chi connectivity index (χ0) is 12.3. The zero-order valence-electron chi connectivity index (χ0n) is 9.96. The Morgan fingerprint density at radius 3 is 2.38 bits per heavy atom. The molecule has 0 unspecified atom stereocenters. The second-order valence-corrected chi connectivity index (χ2v) is 6.42. The Morgan fingerprint density at radius 1 is 1.44 bits per heavy atom. The number of ether oxygens (including phenoxy) is 1. The van der Waals surface area contributed by atoms with Gasteiger partial charge < -0.3 is 9.64 Å². The van der Waals surface area contributed by atoms with Crippen molar-refractivity contribution < 1.29 is 14.3 Å². The minimum atomic E-state index is -0.623. The average Bonchev–Trinajstić information content (AvgIpc) is 2.95. The third-order valence-corrected chi connectivity index (χ3v) is 2.70. The molecule has 1 amide bonds. The fourth-order valence-corrected chi connectivity index (χ4v) is 1.67. The van der Waals surface area contributed by atoms with Crippen LogP contribution in [-0.2, 0) is 14.3 Å². The quantitative estimate of drug-likeness (QED) is 0.572. The van der Waals surface area contributed by atoms with Crippen LogP contribution in [0.5, 0.6) is 0 Å². The van der Waals surface area contributed by atoms with Gasteiger partial charge in [0.25, 0.3) is 0 Å². The molecule has 1 saturated carbocycles. The second kappa shape index (κ2) is 5.17. The van der Waals surface area contributed by atoms with Gasteiger partial charge in [-0.3, -0.25) is 9.59 Å². The summed E-state index contributed by atoms with van der Waals surface area (Å²) in [5.41, 5.74) is 0. The highest BCUT2D eigenvalue weighted by molar-refractivity contribution is 9.10. The first kappa shape index (κ1) is 13.5. The number of hydrogen-bond acceptors (Lipinski definition) is 3. The molecule has 0 spiro atoms. The van der Waals surface area contributed by atoms with Crippen LogP contribution in [0.1, 0.15) is 33.6 Å². The Bertz CT molecular complexity index is 281. The Labute approximate surface area is 104 Å². The highest BCUT2D eigenvalue weighted by atomic mass is 79.9. The average molecular weight is 292 g/mol. The Hall–Kier alpha value is -0.580. The lowest BCUT2D eigenvalue weighted by molar-refractivity contribution is -0.149. The fraction of sp³-hybridized carbons (Fsp3) is 0.818. The lowest BCUT2D eigenvalue weighted by Crippen LogP contribution is -2.45. The van der Waals surface area contributed by atoms with E-state index >= 15 is 0 Å². The third kappa shape index (κ3) is 3.77. The molecule has 1 fully saturated rings. The van der Waals surface area contributed by atoms with Gasteiger partial charge in [0.1, 0.15) is 6.54 Å². The fourth-order valence-electron chi connectivity index (χ4n) is 1.44. The standard InChI is InChI=1S/C11H18BrNO3/c1-4-16-9(14)7-13(8-5-6-8)10(15)11(2,3)12/h8H,4-7H2,1-3H3. The van der Waals surface area contributed by atoms with Crippen LogP contribution >= 0.6 is 15.9 Å². The van der Waals surface area contributed by atoms with E-state index in [2.05, 4.69) is 15.9 Å². The number of hydrogen-bond donors (Lipinski definition) is 0. The van der Waals surface area contributed by atoms with Crippen LogP contribution in [0.25, 0.3) is 0 Å². The molecule has 0 saturated heterocycles. The molecule has 0 aromatic heterocycles. The second-order valence-electron chi connectivity index (χ2n) is 4.44. The van der Waals surface area contributed by atoms with Gasteiger partial charge in [-0.05, 0) is 33.6 Å². The maximum Gasteiger partial charge on any atom is 0.325 e.